The molecule has 0 spiro atoms. The Kier molecular flexibility index (Phi) is 4.74. The van der Waals surface area contributed by atoms with Crippen molar-refractivity contribution in [3.05, 3.63) is 29.8 Å². The van der Waals surface area contributed by atoms with Crippen LogP contribution in [0.2, 0.25) is 0 Å². The highest BCUT2D eigenvalue weighted by Crippen LogP contribution is 2.28. The maximum Gasteiger partial charge on any atom is 0.150 e. The average Bonchev–Trinajstić information content (AvgIpc) is 2.38. The predicted molar refractivity (Wildman–Crippen MR) is 82.0 cm³/mol. The van der Waals surface area contributed by atoms with Crippen LogP contribution in [-0.4, -0.2) is 26.0 Å². The number of hydrogen-bond acceptors (Lipinski definition) is 3. The summed E-state index contributed by atoms with van der Waals surface area (Å²) in [7, 11) is -2.95. The summed E-state index contributed by atoms with van der Waals surface area (Å²) in [6, 6.07) is 8.13. The summed E-state index contributed by atoms with van der Waals surface area (Å²) in [6.07, 6.45) is 4.60. The smallest absolute Gasteiger partial charge is 0.150 e. The Morgan fingerprint density at radius 3 is 2.35 bits per heavy atom. The topological polar surface area (TPSA) is 43.4 Å². The second-order valence-electron chi connectivity index (χ2n) is 6.08. The van der Waals surface area contributed by atoms with Gasteiger partial charge in [0.15, 0.2) is 0 Å². The largest absolute Gasteiger partial charge is 0.490 e. The number of hydrogen-bond donors (Lipinski definition) is 0. The zero-order valence-electron chi connectivity index (χ0n) is 12.5. The summed E-state index contributed by atoms with van der Waals surface area (Å²) in [6.45, 7) is 4.32. The molecule has 3 nitrogen and oxygen atoms in total. The maximum absolute atomic E-state index is 11.6. The molecule has 0 aliphatic heterocycles. The molecule has 2 atom stereocenters. The summed E-state index contributed by atoms with van der Waals surface area (Å²) in [5, 5.41) is -0.240. The number of ether oxygens (including phenoxy) is 1. The molecule has 112 valence electrons. The monoisotopic (exact) mass is 296 g/mol. The molecule has 0 bridgehead atoms. The van der Waals surface area contributed by atoms with Gasteiger partial charge in [-0.05, 0) is 42.9 Å². The van der Waals surface area contributed by atoms with Crippen LogP contribution >= 0.6 is 0 Å². The van der Waals surface area contributed by atoms with Crippen LogP contribution in [0.3, 0.4) is 0 Å². The summed E-state index contributed by atoms with van der Waals surface area (Å²) < 4.78 is 29.2. The molecule has 0 saturated heterocycles. The molecule has 0 heterocycles. The Morgan fingerprint density at radius 1 is 1.15 bits per heavy atom. The third-order valence-corrected chi connectivity index (χ3v) is 5.67. The standard InChI is InChI=1S/C16H24O3S/c1-12(2)13-7-9-14(10-8-13)19-15-5-4-6-16(11-15)20(3,17)18/h7-10,12,15-16H,4-6,11H2,1-3H3. The molecule has 1 aromatic carbocycles. The van der Waals surface area contributed by atoms with E-state index >= 15 is 0 Å². The van der Waals surface area contributed by atoms with Crippen LogP contribution in [0, 0.1) is 0 Å². The van der Waals surface area contributed by atoms with Crippen molar-refractivity contribution >= 4 is 9.84 Å². The molecule has 1 aliphatic rings. The van der Waals surface area contributed by atoms with E-state index in [1.807, 2.05) is 12.1 Å². The highest BCUT2D eigenvalue weighted by molar-refractivity contribution is 7.91. The van der Waals surface area contributed by atoms with E-state index in [0.29, 0.717) is 12.3 Å². The van der Waals surface area contributed by atoms with Crippen molar-refractivity contribution in [2.24, 2.45) is 0 Å². The van der Waals surface area contributed by atoms with Crippen molar-refractivity contribution in [3.63, 3.8) is 0 Å². The van der Waals surface area contributed by atoms with Gasteiger partial charge in [0.1, 0.15) is 15.6 Å². The molecule has 1 aliphatic carbocycles. The SMILES string of the molecule is CC(C)c1ccc(OC2CCCC(S(C)(=O)=O)C2)cc1. The molecule has 1 aromatic rings. The van der Waals surface area contributed by atoms with E-state index in [2.05, 4.69) is 26.0 Å². The lowest BCUT2D eigenvalue weighted by molar-refractivity contribution is 0.156. The first kappa shape index (κ1) is 15.4. The van der Waals surface area contributed by atoms with Gasteiger partial charge in [-0.2, -0.15) is 0 Å². The second-order valence-corrected chi connectivity index (χ2v) is 8.41. The zero-order chi connectivity index (χ0) is 14.8. The molecule has 0 radical (unpaired) electrons. The molecular formula is C16H24O3S. The minimum absolute atomic E-state index is 0.0216. The van der Waals surface area contributed by atoms with Gasteiger partial charge >= 0.3 is 0 Å². The van der Waals surface area contributed by atoms with Crippen LogP contribution in [-0.2, 0) is 9.84 Å². The van der Waals surface area contributed by atoms with Gasteiger partial charge in [0.2, 0.25) is 0 Å². The molecule has 1 saturated carbocycles. The Hall–Kier alpha value is -1.03. The van der Waals surface area contributed by atoms with Gasteiger partial charge in [-0.25, -0.2) is 8.42 Å². The Morgan fingerprint density at radius 2 is 1.80 bits per heavy atom. The fourth-order valence-corrected chi connectivity index (χ4v) is 3.88. The van der Waals surface area contributed by atoms with Crippen molar-refractivity contribution in [2.75, 3.05) is 6.26 Å². The summed E-state index contributed by atoms with van der Waals surface area (Å²) >= 11 is 0. The quantitative estimate of drug-likeness (QED) is 0.853. The summed E-state index contributed by atoms with van der Waals surface area (Å²) in [4.78, 5) is 0. The van der Waals surface area contributed by atoms with Crippen LogP contribution in [0.1, 0.15) is 51.0 Å². The van der Waals surface area contributed by atoms with E-state index in [0.717, 1.165) is 25.0 Å². The average molecular weight is 296 g/mol. The summed E-state index contributed by atoms with van der Waals surface area (Å²) in [5.74, 6) is 1.35. The molecule has 2 unspecified atom stereocenters. The van der Waals surface area contributed by atoms with Crippen LogP contribution in [0.25, 0.3) is 0 Å². The summed E-state index contributed by atoms with van der Waals surface area (Å²) in [5.41, 5.74) is 1.29. The molecule has 20 heavy (non-hydrogen) atoms. The number of sulfone groups is 1. The van der Waals surface area contributed by atoms with Crippen LogP contribution in [0.15, 0.2) is 24.3 Å². The van der Waals surface area contributed by atoms with E-state index in [4.69, 9.17) is 4.74 Å². The van der Waals surface area contributed by atoms with E-state index in [1.165, 1.54) is 11.8 Å². The van der Waals surface area contributed by atoms with E-state index in [-0.39, 0.29) is 11.4 Å². The van der Waals surface area contributed by atoms with Gasteiger partial charge in [-0.3, -0.25) is 0 Å². The van der Waals surface area contributed by atoms with Gasteiger partial charge in [-0.1, -0.05) is 26.0 Å². The Bertz CT molecular complexity index is 531. The van der Waals surface area contributed by atoms with Crippen molar-refractivity contribution in [1.29, 1.82) is 0 Å². The highest BCUT2D eigenvalue weighted by atomic mass is 32.2. The fraction of sp³-hybridized carbons (Fsp3) is 0.625. The maximum atomic E-state index is 11.6. The van der Waals surface area contributed by atoms with Gasteiger partial charge in [0, 0.05) is 12.7 Å². The van der Waals surface area contributed by atoms with Gasteiger partial charge < -0.3 is 4.74 Å². The predicted octanol–water partition coefficient (Wildman–Crippen LogP) is 3.54. The first-order valence-electron chi connectivity index (χ1n) is 7.31. The lowest BCUT2D eigenvalue weighted by Gasteiger charge is -2.28. The van der Waals surface area contributed by atoms with Crippen molar-refractivity contribution in [2.45, 2.75) is 56.8 Å². The van der Waals surface area contributed by atoms with Crippen molar-refractivity contribution in [3.8, 4) is 5.75 Å². The number of benzene rings is 1. The fourth-order valence-electron chi connectivity index (χ4n) is 2.72. The minimum atomic E-state index is -2.95. The molecule has 1 fully saturated rings. The van der Waals surface area contributed by atoms with Crippen molar-refractivity contribution < 1.29 is 13.2 Å². The molecular weight excluding hydrogens is 272 g/mol. The Balaban J connectivity index is 1.99. The highest BCUT2D eigenvalue weighted by Gasteiger charge is 2.29. The minimum Gasteiger partial charge on any atom is -0.490 e. The van der Waals surface area contributed by atoms with E-state index in [1.54, 1.807) is 0 Å². The van der Waals surface area contributed by atoms with Crippen LogP contribution < -0.4 is 4.74 Å². The third kappa shape index (κ3) is 3.98. The first-order chi connectivity index (χ1) is 9.36. The van der Waals surface area contributed by atoms with Gasteiger partial charge in [0.05, 0.1) is 11.4 Å². The van der Waals surface area contributed by atoms with Crippen molar-refractivity contribution in [1.82, 2.24) is 0 Å². The van der Waals surface area contributed by atoms with E-state index in [9.17, 15) is 8.42 Å². The number of rotatable bonds is 4. The Labute approximate surface area is 122 Å². The zero-order valence-corrected chi connectivity index (χ0v) is 13.3. The van der Waals surface area contributed by atoms with Crippen LogP contribution in [0.5, 0.6) is 5.75 Å². The second kappa shape index (κ2) is 6.17. The van der Waals surface area contributed by atoms with Gasteiger partial charge in [0.25, 0.3) is 0 Å². The van der Waals surface area contributed by atoms with Gasteiger partial charge in [-0.15, -0.1) is 0 Å². The third-order valence-electron chi connectivity index (χ3n) is 4.03. The molecule has 0 N–H and O–H groups in total. The molecule has 2 rings (SSSR count). The lowest BCUT2D eigenvalue weighted by atomic mass is 9.97. The van der Waals surface area contributed by atoms with E-state index < -0.39 is 9.84 Å². The molecule has 0 aromatic heterocycles. The van der Waals surface area contributed by atoms with Crippen LogP contribution in [0.4, 0.5) is 0 Å². The molecule has 4 heteroatoms. The lowest BCUT2D eigenvalue weighted by Crippen LogP contribution is -2.33. The first-order valence-corrected chi connectivity index (χ1v) is 9.27. The normalized spacial score (nSPS) is 23.8. The molecule has 0 amide bonds.